The van der Waals surface area contributed by atoms with E-state index in [2.05, 4.69) is 0 Å². The first-order chi connectivity index (χ1) is 16.2. The van der Waals surface area contributed by atoms with Crippen LogP contribution in [0.1, 0.15) is 13.3 Å². The minimum absolute atomic E-state index is 0. The van der Waals surface area contributed by atoms with Gasteiger partial charge in [0.25, 0.3) is 0 Å². The van der Waals surface area contributed by atoms with Gasteiger partial charge in [-0.05, 0) is 6.42 Å². The third-order valence-electron chi connectivity index (χ3n) is 5.39. The smallest absolute Gasteiger partial charge is 1.00 e. The van der Waals surface area contributed by atoms with Crippen molar-refractivity contribution in [3.63, 3.8) is 0 Å². The first kappa shape index (κ1) is 74.3. The van der Waals surface area contributed by atoms with Crippen molar-refractivity contribution in [2.24, 2.45) is 0 Å². The summed E-state index contributed by atoms with van der Waals surface area (Å²) in [4.78, 5) is 49.0. The SMILES string of the molecule is CCC(C(=O)O)(C(=O)O)N1CCOCCOCCN(C(C(=O)O)C(=O)O)CCOCCOCC1.[Br-].[Br-].[Br-].[Br-].[Br-].[Na+].[Na+].[Na+].[Na+].[Na+]. The summed E-state index contributed by atoms with van der Waals surface area (Å²) in [6, 6.07) is -1.74. The number of hydrogen-bond acceptors (Lipinski definition) is 10. The van der Waals surface area contributed by atoms with Gasteiger partial charge in [0, 0.05) is 26.2 Å². The fourth-order valence-electron chi connectivity index (χ4n) is 3.53. The van der Waals surface area contributed by atoms with Gasteiger partial charge in [-0.3, -0.25) is 9.80 Å². The second-order valence-electron chi connectivity index (χ2n) is 7.38. The molecule has 1 saturated heterocycles. The molecule has 0 aromatic heterocycles. The average Bonchev–Trinajstić information content (AvgIpc) is 2.75. The van der Waals surface area contributed by atoms with Gasteiger partial charge in [-0.1, -0.05) is 6.92 Å². The fraction of sp³-hybridized carbons (Fsp3) is 0.800. The molecular formula is C20H34Br5N2Na5O12. The van der Waals surface area contributed by atoms with Crippen molar-refractivity contribution in [1.29, 1.82) is 0 Å². The van der Waals surface area contributed by atoms with Gasteiger partial charge in [0.1, 0.15) is 0 Å². The van der Waals surface area contributed by atoms with Crippen molar-refractivity contribution in [1.82, 2.24) is 9.80 Å². The molecule has 0 unspecified atom stereocenters. The summed E-state index contributed by atoms with van der Waals surface area (Å²) in [5, 5.41) is 37.8. The van der Waals surface area contributed by atoms with E-state index in [0.717, 1.165) is 0 Å². The molecule has 1 aliphatic rings. The quantitative estimate of drug-likeness (QED) is 0.139. The molecule has 0 atom stereocenters. The Labute approximate surface area is 421 Å². The minimum atomic E-state index is -2.12. The predicted molar refractivity (Wildman–Crippen MR) is 114 cm³/mol. The molecule has 0 aromatic carbocycles. The summed E-state index contributed by atoms with van der Waals surface area (Å²) in [5.74, 6) is -5.92. The van der Waals surface area contributed by atoms with Gasteiger partial charge in [-0.15, -0.1) is 0 Å². The Morgan fingerprint density at radius 3 is 1.07 bits per heavy atom. The Bertz CT molecular complexity index is 670. The van der Waals surface area contributed by atoms with E-state index in [4.69, 9.17) is 18.9 Å². The maximum Gasteiger partial charge on any atom is 1.00 e. The summed E-state index contributed by atoms with van der Waals surface area (Å²) in [6.45, 7) is 2.27. The monoisotopic (exact) mass is 1000 g/mol. The molecule has 0 aromatic rings. The Kier molecular flexibility index (Phi) is 74.6. The van der Waals surface area contributed by atoms with Crippen LogP contribution < -0.4 is 233 Å². The van der Waals surface area contributed by atoms with E-state index in [1.54, 1.807) is 0 Å². The van der Waals surface area contributed by atoms with Crippen molar-refractivity contribution in [2.45, 2.75) is 24.9 Å². The molecule has 44 heavy (non-hydrogen) atoms. The summed E-state index contributed by atoms with van der Waals surface area (Å²) < 4.78 is 21.7. The number of aliphatic carboxylic acids is 4. The molecule has 0 saturated carbocycles. The Balaban J connectivity index is -0.000000144. The van der Waals surface area contributed by atoms with Gasteiger partial charge in [0.05, 0.1) is 52.9 Å². The van der Waals surface area contributed by atoms with Crippen LogP contribution >= 0.6 is 0 Å². The summed E-state index contributed by atoms with van der Waals surface area (Å²) in [5.41, 5.74) is -2.12. The molecule has 1 rings (SSSR count). The number of carboxylic acids is 4. The molecule has 236 valence electrons. The van der Waals surface area contributed by atoms with E-state index in [1.165, 1.54) is 16.7 Å². The molecular weight excluding hydrogens is 975 g/mol. The molecule has 0 radical (unpaired) electrons. The largest absolute Gasteiger partial charge is 1.00 e. The molecule has 0 bridgehead atoms. The van der Waals surface area contributed by atoms with Crippen molar-refractivity contribution in [3.05, 3.63) is 0 Å². The van der Waals surface area contributed by atoms with E-state index >= 15 is 0 Å². The van der Waals surface area contributed by atoms with Gasteiger partial charge < -0.3 is 124 Å². The van der Waals surface area contributed by atoms with Crippen LogP contribution in [0.15, 0.2) is 0 Å². The van der Waals surface area contributed by atoms with Crippen LogP contribution in [0, 0.1) is 0 Å². The number of rotatable bonds is 7. The van der Waals surface area contributed by atoms with Crippen LogP contribution in [0.25, 0.3) is 0 Å². The molecule has 1 fully saturated rings. The Hall–Kier alpha value is 5.04. The number of ether oxygens (including phenoxy) is 4. The first-order valence-corrected chi connectivity index (χ1v) is 10.9. The van der Waals surface area contributed by atoms with Crippen molar-refractivity contribution >= 4 is 23.9 Å². The van der Waals surface area contributed by atoms with E-state index < -0.39 is 35.5 Å². The number of halogens is 5. The molecule has 0 spiro atoms. The molecule has 0 aliphatic carbocycles. The zero-order chi connectivity index (χ0) is 25.6. The topological polar surface area (TPSA) is 193 Å². The van der Waals surface area contributed by atoms with E-state index in [9.17, 15) is 39.6 Å². The van der Waals surface area contributed by atoms with E-state index in [0.29, 0.717) is 0 Å². The maximum atomic E-state index is 11.9. The summed E-state index contributed by atoms with van der Waals surface area (Å²) in [6.07, 6.45) is -0.159. The van der Waals surface area contributed by atoms with Crippen LogP contribution in [0.3, 0.4) is 0 Å². The Morgan fingerprint density at radius 2 is 0.841 bits per heavy atom. The molecule has 14 nitrogen and oxygen atoms in total. The predicted octanol–water partition coefficient (Wildman–Crippen LogP) is -31.4. The Morgan fingerprint density at radius 1 is 0.568 bits per heavy atom. The standard InChI is InChI=1S/C20H34N2O12.5BrH.5Na/c1-2-20(18(27)28,19(29)30)22-5-9-33-13-11-31-7-3-21(15(16(23)24)17(25)26)4-8-32-12-14-34-10-6-22;;;;;;;;;;/h15H,2-14H2,1H3,(H,23,24)(H,25,26)(H,27,28)(H,29,30);5*1H;;;;;/q;;;;;;5*+1/p-5. The zero-order valence-electron chi connectivity index (χ0n) is 26.1. The molecule has 0 amide bonds. The second kappa shape index (κ2) is 44.2. The van der Waals surface area contributed by atoms with Crippen LogP contribution in [-0.2, 0) is 38.1 Å². The van der Waals surface area contributed by atoms with Gasteiger partial charge >= 0.3 is 172 Å². The van der Waals surface area contributed by atoms with Crippen LogP contribution in [-0.4, -0.2) is 145 Å². The van der Waals surface area contributed by atoms with Crippen LogP contribution in [0.5, 0.6) is 0 Å². The summed E-state index contributed by atoms with van der Waals surface area (Å²) >= 11 is 0. The maximum absolute atomic E-state index is 11.9. The van der Waals surface area contributed by atoms with Crippen molar-refractivity contribution in [2.75, 3.05) is 79.0 Å². The van der Waals surface area contributed by atoms with Crippen LogP contribution in [0.2, 0.25) is 0 Å². The molecule has 24 heteroatoms. The normalized spacial score (nSPS) is 15.2. The third kappa shape index (κ3) is 27.7. The summed E-state index contributed by atoms with van der Waals surface area (Å²) in [7, 11) is 0. The molecule has 4 N–H and O–H groups in total. The molecule has 1 aliphatic heterocycles. The zero-order valence-corrected chi connectivity index (χ0v) is 44.0. The van der Waals surface area contributed by atoms with Crippen molar-refractivity contribution < 1.29 is 291 Å². The van der Waals surface area contributed by atoms with Crippen LogP contribution in [0.4, 0.5) is 0 Å². The van der Waals surface area contributed by atoms with Gasteiger partial charge in [-0.2, -0.15) is 0 Å². The van der Waals surface area contributed by atoms with E-state index in [1.807, 2.05) is 0 Å². The number of carboxylic acid groups (broad SMARTS) is 4. The third-order valence-corrected chi connectivity index (χ3v) is 5.39. The second-order valence-corrected chi connectivity index (χ2v) is 7.38. The number of hydrogen-bond donors (Lipinski definition) is 4. The van der Waals surface area contributed by atoms with Crippen molar-refractivity contribution in [3.8, 4) is 0 Å². The first-order valence-electron chi connectivity index (χ1n) is 10.9. The number of nitrogens with zero attached hydrogens (tertiary/aromatic N) is 2. The minimum Gasteiger partial charge on any atom is -1.00 e. The fourth-order valence-corrected chi connectivity index (χ4v) is 3.53. The average molecular weight is 1010 g/mol. The molecule has 1 heterocycles. The van der Waals surface area contributed by atoms with Gasteiger partial charge in [0.15, 0.2) is 0 Å². The number of carbonyl (C=O) groups is 4. The van der Waals surface area contributed by atoms with Gasteiger partial charge in [-0.25, -0.2) is 19.2 Å². The van der Waals surface area contributed by atoms with E-state index in [-0.39, 0.29) is 318 Å². The van der Waals surface area contributed by atoms with Gasteiger partial charge in [0.2, 0.25) is 11.6 Å².